The highest BCUT2D eigenvalue weighted by atomic mass is 19.4. The minimum absolute atomic E-state index is 0.0247. The quantitative estimate of drug-likeness (QED) is 0.812. The van der Waals surface area contributed by atoms with Crippen LogP contribution in [0.1, 0.15) is 5.56 Å². The summed E-state index contributed by atoms with van der Waals surface area (Å²) in [4.78, 5) is 3.64. The van der Waals surface area contributed by atoms with E-state index in [0.29, 0.717) is 0 Å². The molecule has 8 heteroatoms. The second-order valence-electron chi connectivity index (χ2n) is 4.08. The first-order valence-electron chi connectivity index (χ1n) is 5.84. The second-order valence-corrected chi connectivity index (χ2v) is 4.08. The molecule has 0 amide bonds. The molecule has 0 fully saturated rings. The molecule has 0 aliphatic rings. The van der Waals surface area contributed by atoms with Crippen molar-refractivity contribution in [3.63, 3.8) is 0 Å². The number of alkyl halides is 3. The molecule has 0 bridgehead atoms. The van der Waals surface area contributed by atoms with Crippen molar-refractivity contribution in [1.29, 1.82) is 5.26 Å². The van der Waals surface area contributed by atoms with E-state index in [1.165, 1.54) is 19.2 Å². The van der Waals surface area contributed by atoms with Gasteiger partial charge in [0.2, 0.25) is 5.88 Å². The highest BCUT2D eigenvalue weighted by molar-refractivity contribution is 5.68. The number of hydrogen-bond donors (Lipinski definition) is 0. The first kappa shape index (κ1) is 15.6. The molecule has 1 aromatic heterocycles. The number of nitrogens with zero attached hydrogens (tertiary/aromatic N) is 2. The predicted molar refractivity (Wildman–Crippen MR) is 67.6 cm³/mol. The Hall–Kier alpha value is -2.82. The molecule has 114 valence electrons. The fraction of sp³-hybridized carbons (Fsp3) is 0.143. The molecule has 1 aromatic carbocycles. The summed E-state index contributed by atoms with van der Waals surface area (Å²) in [7, 11) is 1.32. The topological polar surface area (TPSA) is 55.1 Å². The molecule has 0 N–H and O–H groups in total. The van der Waals surface area contributed by atoms with E-state index in [4.69, 9.17) is 10.00 Å². The van der Waals surface area contributed by atoms with Crippen LogP contribution in [-0.2, 0) is 0 Å². The van der Waals surface area contributed by atoms with Gasteiger partial charge in [-0.3, -0.25) is 0 Å². The maximum Gasteiger partial charge on any atom is 0.573 e. The van der Waals surface area contributed by atoms with E-state index >= 15 is 0 Å². The first-order valence-corrected chi connectivity index (χ1v) is 5.84. The molecule has 2 aromatic rings. The van der Waals surface area contributed by atoms with Crippen LogP contribution in [0.2, 0.25) is 0 Å². The number of aromatic nitrogens is 1. The molecular weight excluding hydrogens is 304 g/mol. The summed E-state index contributed by atoms with van der Waals surface area (Å²) >= 11 is 0. The Bertz CT molecular complexity index is 739. The van der Waals surface area contributed by atoms with Crippen LogP contribution in [0.4, 0.5) is 17.6 Å². The van der Waals surface area contributed by atoms with Crippen molar-refractivity contribution in [1.82, 2.24) is 4.98 Å². The number of rotatable bonds is 3. The van der Waals surface area contributed by atoms with E-state index in [1.807, 2.05) is 0 Å². The van der Waals surface area contributed by atoms with Gasteiger partial charge in [-0.25, -0.2) is 9.37 Å². The molecule has 0 saturated carbocycles. The van der Waals surface area contributed by atoms with Gasteiger partial charge in [0, 0.05) is 11.6 Å². The van der Waals surface area contributed by atoms with Crippen LogP contribution >= 0.6 is 0 Å². The molecule has 0 spiro atoms. The van der Waals surface area contributed by atoms with Crippen LogP contribution in [0.5, 0.6) is 11.6 Å². The van der Waals surface area contributed by atoms with E-state index in [-0.39, 0.29) is 22.6 Å². The Kier molecular flexibility index (Phi) is 4.17. The molecule has 0 unspecified atom stereocenters. The van der Waals surface area contributed by atoms with Crippen LogP contribution in [0.15, 0.2) is 30.5 Å². The summed E-state index contributed by atoms with van der Waals surface area (Å²) in [6, 6.07) is 6.16. The summed E-state index contributed by atoms with van der Waals surface area (Å²) in [5, 5.41) is 8.81. The number of pyridine rings is 1. The van der Waals surface area contributed by atoms with E-state index in [9.17, 15) is 17.6 Å². The zero-order valence-electron chi connectivity index (χ0n) is 11.1. The average molecular weight is 312 g/mol. The molecule has 1 heterocycles. The molecular formula is C14H8F4N2O2. The van der Waals surface area contributed by atoms with Gasteiger partial charge in [0.15, 0.2) is 0 Å². The highest BCUT2D eigenvalue weighted by Gasteiger charge is 2.32. The number of benzene rings is 1. The van der Waals surface area contributed by atoms with Gasteiger partial charge in [0.05, 0.1) is 18.9 Å². The SMILES string of the molecule is COc1cc(-c2ccc(C#N)c(OC(F)(F)F)c2)c(F)cn1. The van der Waals surface area contributed by atoms with Crippen molar-refractivity contribution < 1.29 is 27.0 Å². The van der Waals surface area contributed by atoms with Crippen LogP contribution in [0.25, 0.3) is 11.1 Å². The lowest BCUT2D eigenvalue weighted by molar-refractivity contribution is -0.274. The Balaban J connectivity index is 2.54. The monoisotopic (exact) mass is 312 g/mol. The van der Waals surface area contributed by atoms with Gasteiger partial charge in [-0.1, -0.05) is 6.07 Å². The number of methoxy groups -OCH3 is 1. The molecule has 0 atom stereocenters. The molecule has 0 saturated heterocycles. The zero-order chi connectivity index (χ0) is 16.3. The third-order valence-corrected chi connectivity index (χ3v) is 2.68. The largest absolute Gasteiger partial charge is 0.573 e. The van der Waals surface area contributed by atoms with Crippen LogP contribution in [-0.4, -0.2) is 18.5 Å². The fourth-order valence-corrected chi connectivity index (χ4v) is 1.74. The van der Waals surface area contributed by atoms with Gasteiger partial charge in [0.1, 0.15) is 17.6 Å². The van der Waals surface area contributed by atoms with E-state index in [0.717, 1.165) is 18.3 Å². The lowest BCUT2D eigenvalue weighted by Crippen LogP contribution is -2.17. The van der Waals surface area contributed by atoms with Crippen molar-refractivity contribution in [2.45, 2.75) is 6.36 Å². The Morgan fingerprint density at radius 2 is 1.95 bits per heavy atom. The normalized spacial score (nSPS) is 10.9. The van der Waals surface area contributed by atoms with Crippen molar-refractivity contribution in [3.05, 3.63) is 41.8 Å². The van der Waals surface area contributed by atoms with E-state index in [2.05, 4.69) is 9.72 Å². The number of halogens is 4. The molecule has 0 aliphatic carbocycles. The van der Waals surface area contributed by atoms with Crippen molar-refractivity contribution in [2.75, 3.05) is 7.11 Å². The summed E-state index contributed by atoms with van der Waals surface area (Å²) in [5.41, 5.74) is -0.248. The third kappa shape index (κ3) is 3.44. The van der Waals surface area contributed by atoms with Crippen LogP contribution in [0.3, 0.4) is 0 Å². The average Bonchev–Trinajstić information content (AvgIpc) is 2.46. The summed E-state index contributed by atoms with van der Waals surface area (Å²) in [6.07, 6.45) is -4.07. The van der Waals surface area contributed by atoms with E-state index in [1.54, 1.807) is 6.07 Å². The highest BCUT2D eigenvalue weighted by Crippen LogP contribution is 2.33. The fourth-order valence-electron chi connectivity index (χ4n) is 1.74. The second kappa shape index (κ2) is 5.89. The summed E-state index contributed by atoms with van der Waals surface area (Å²) in [6.45, 7) is 0. The first-order chi connectivity index (χ1) is 10.3. The standard InChI is InChI=1S/C14H8F4N2O2/c1-21-13-5-10(11(15)7-20-13)8-2-3-9(6-19)12(4-8)22-14(16,17)18/h2-5,7H,1H3. The lowest BCUT2D eigenvalue weighted by atomic mass is 10.0. The Labute approximate surface area is 122 Å². The summed E-state index contributed by atoms with van der Waals surface area (Å²) < 4.78 is 59.5. The van der Waals surface area contributed by atoms with Gasteiger partial charge < -0.3 is 9.47 Å². The number of hydrogen-bond acceptors (Lipinski definition) is 4. The smallest absolute Gasteiger partial charge is 0.481 e. The van der Waals surface area contributed by atoms with Crippen molar-refractivity contribution in [2.24, 2.45) is 0 Å². The lowest BCUT2D eigenvalue weighted by Gasteiger charge is -2.12. The van der Waals surface area contributed by atoms with Gasteiger partial charge in [-0.05, 0) is 17.7 Å². The van der Waals surface area contributed by atoms with Gasteiger partial charge >= 0.3 is 6.36 Å². The van der Waals surface area contributed by atoms with Gasteiger partial charge in [-0.2, -0.15) is 5.26 Å². The van der Waals surface area contributed by atoms with Crippen LogP contribution < -0.4 is 9.47 Å². The predicted octanol–water partition coefficient (Wildman–Crippen LogP) is 3.67. The summed E-state index contributed by atoms with van der Waals surface area (Å²) in [5.74, 6) is -1.36. The minimum Gasteiger partial charge on any atom is -0.481 e. The Morgan fingerprint density at radius 3 is 2.55 bits per heavy atom. The molecule has 0 aliphatic heterocycles. The third-order valence-electron chi connectivity index (χ3n) is 2.68. The Morgan fingerprint density at radius 1 is 1.23 bits per heavy atom. The van der Waals surface area contributed by atoms with Crippen molar-refractivity contribution >= 4 is 0 Å². The van der Waals surface area contributed by atoms with Gasteiger partial charge in [0.25, 0.3) is 0 Å². The zero-order valence-corrected chi connectivity index (χ0v) is 11.1. The molecule has 0 radical (unpaired) electrons. The van der Waals surface area contributed by atoms with Crippen molar-refractivity contribution in [3.8, 4) is 28.8 Å². The molecule has 4 nitrogen and oxygen atoms in total. The number of ether oxygens (including phenoxy) is 2. The van der Waals surface area contributed by atoms with Gasteiger partial charge in [-0.15, -0.1) is 13.2 Å². The molecule has 2 rings (SSSR count). The maximum absolute atomic E-state index is 13.8. The number of nitriles is 1. The van der Waals surface area contributed by atoms with Crippen LogP contribution in [0, 0.1) is 17.1 Å². The maximum atomic E-state index is 13.8. The molecule has 22 heavy (non-hydrogen) atoms. The minimum atomic E-state index is -4.96. The van der Waals surface area contributed by atoms with E-state index < -0.39 is 17.9 Å².